The normalized spacial score (nSPS) is 18.5. The SMILES string of the molecule is Cc1cc(-c2ccc3c(c2)Oc2ccccc2C32c3ccccc3P(=O)(c3ccccc3)c3cc4oc5ccccc5c4cc32)cc(C#N)n1. The first-order valence-electron chi connectivity index (χ1n) is 16.5. The number of hydrogen-bond donors (Lipinski definition) is 0. The Hall–Kier alpha value is -6.21. The molecule has 50 heavy (non-hydrogen) atoms. The zero-order valence-corrected chi connectivity index (χ0v) is 27.8. The quantitative estimate of drug-likeness (QED) is 0.173. The van der Waals surface area contributed by atoms with Gasteiger partial charge in [0.1, 0.15) is 34.4 Å². The number of rotatable bonds is 2. The maximum absolute atomic E-state index is 16.2. The molecule has 0 N–H and O–H groups in total. The second kappa shape index (κ2) is 10.4. The Balaban J connectivity index is 1.37. The van der Waals surface area contributed by atoms with Crippen LogP contribution in [0.2, 0.25) is 0 Å². The van der Waals surface area contributed by atoms with Gasteiger partial charge in [0, 0.05) is 43.5 Å². The first-order valence-corrected chi connectivity index (χ1v) is 18.2. The number of nitrogens with zero attached hydrogens (tertiary/aromatic N) is 2. The molecule has 0 aliphatic carbocycles. The minimum atomic E-state index is -3.42. The highest BCUT2D eigenvalue weighted by Gasteiger charge is 2.55. The standard InChI is InChI=1S/C44H27N2O3P/c1-27-21-29(22-30(26-45)46-27)28-19-20-35-41(23-28)49-39-17-9-6-14-34(39)44(35)36-15-7-10-18-42(36)50(47,31-11-3-2-4-12-31)43-25-40-33(24-37(43)44)32-13-5-8-16-38(32)48-40/h2-25H,1H3. The van der Waals surface area contributed by atoms with Gasteiger partial charge in [0.25, 0.3) is 0 Å². The molecule has 6 heteroatoms. The predicted octanol–water partition coefficient (Wildman–Crippen LogP) is 9.27. The minimum absolute atomic E-state index is 0.364. The third kappa shape index (κ3) is 3.77. The predicted molar refractivity (Wildman–Crippen MR) is 198 cm³/mol. The number of furan rings is 1. The molecule has 0 amide bonds. The van der Waals surface area contributed by atoms with E-state index in [9.17, 15) is 5.26 Å². The highest BCUT2D eigenvalue weighted by Crippen LogP contribution is 2.62. The van der Waals surface area contributed by atoms with Crippen molar-refractivity contribution >= 4 is 45.0 Å². The summed E-state index contributed by atoms with van der Waals surface area (Å²) in [5, 5.41) is 14.0. The van der Waals surface area contributed by atoms with Crippen LogP contribution < -0.4 is 20.7 Å². The van der Waals surface area contributed by atoms with Crippen LogP contribution in [0, 0.1) is 18.3 Å². The van der Waals surface area contributed by atoms with Crippen molar-refractivity contribution in [3.63, 3.8) is 0 Å². The van der Waals surface area contributed by atoms with Gasteiger partial charge >= 0.3 is 0 Å². The van der Waals surface area contributed by atoms with Crippen LogP contribution in [0.5, 0.6) is 11.5 Å². The van der Waals surface area contributed by atoms with E-state index in [-0.39, 0.29) is 0 Å². The first-order chi connectivity index (χ1) is 24.5. The summed E-state index contributed by atoms with van der Waals surface area (Å²) in [6.07, 6.45) is 0. The van der Waals surface area contributed by atoms with Crippen LogP contribution >= 0.6 is 7.14 Å². The Morgan fingerprint density at radius 2 is 1.36 bits per heavy atom. The van der Waals surface area contributed by atoms with E-state index in [4.69, 9.17) is 9.15 Å². The molecule has 0 saturated heterocycles. The fourth-order valence-corrected chi connectivity index (χ4v) is 11.4. The fraction of sp³-hybridized carbons (Fsp3) is 0.0455. The van der Waals surface area contributed by atoms with Gasteiger partial charge in [-0.2, -0.15) is 5.26 Å². The number of fused-ring (bicyclic) bond motifs is 11. The highest BCUT2D eigenvalue weighted by atomic mass is 31.2. The van der Waals surface area contributed by atoms with Gasteiger partial charge < -0.3 is 13.7 Å². The summed E-state index contributed by atoms with van der Waals surface area (Å²) in [6, 6.07) is 50.8. The lowest BCUT2D eigenvalue weighted by molar-refractivity contribution is 0.435. The third-order valence-corrected chi connectivity index (χ3v) is 13.4. The zero-order valence-electron chi connectivity index (χ0n) is 26.9. The van der Waals surface area contributed by atoms with Crippen LogP contribution in [0.25, 0.3) is 33.1 Å². The van der Waals surface area contributed by atoms with E-state index < -0.39 is 12.6 Å². The maximum atomic E-state index is 16.2. The lowest BCUT2D eigenvalue weighted by Gasteiger charge is -2.47. The molecule has 4 heterocycles. The molecule has 5 nitrogen and oxygen atoms in total. The van der Waals surface area contributed by atoms with E-state index in [0.29, 0.717) is 17.0 Å². The fourth-order valence-electron chi connectivity index (χ4n) is 8.28. The second-order valence-corrected chi connectivity index (χ2v) is 15.7. The van der Waals surface area contributed by atoms with Crippen LogP contribution in [0.4, 0.5) is 0 Å². The Labute approximate surface area is 288 Å². The number of pyridine rings is 1. The molecule has 2 aromatic heterocycles. The lowest BCUT2D eigenvalue weighted by Crippen LogP contribution is -2.47. The number of para-hydroxylation sites is 2. The maximum Gasteiger partial charge on any atom is 0.171 e. The first kappa shape index (κ1) is 28.8. The van der Waals surface area contributed by atoms with Crippen molar-refractivity contribution < 1.29 is 13.7 Å². The van der Waals surface area contributed by atoms with Crippen molar-refractivity contribution in [3.05, 3.63) is 179 Å². The molecule has 0 radical (unpaired) electrons. The molecule has 10 rings (SSSR count). The van der Waals surface area contributed by atoms with E-state index in [2.05, 4.69) is 53.5 Å². The summed E-state index contributed by atoms with van der Waals surface area (Å²) in [5.74, 6) is 1.43. The average Bonchev–Trinajstić information content (AvgIpc) is 3.53. The zero-order chi connectivity index (χ0) is 33.6. The van der Waals surface area contributed by atoms with Crippen LogP contribution in [0.15, 0.2) is 150 Å². The van der Waals surface area contributed by atoms with E-state index in [1.165, 1.54) is 0 Å². The molecule has 0 bridgehead atoms. The van der Waals surface area contributed by atoms with E-state index in [1.54, 1.807) is 0 Å². The number of aryl methyl sites for hydroxylation is 1. The molecule has 8 aromatic rings. The van der Waals surface area contributed by atoms with Gasteiger partial charge in [0.2, 0.25) is 0 Å². The van der Waals surface area contributed by atoms with Gasteiger partial charge in [-0.3, -0.25) is 0 Å². The Morgan fingerprint density at radius 3 is 2.22 bits per heavy atom. The van der Waals surface area contributed by atoms with Gasteiger partial charge in [0.05, 0.1) is 5.41 Å². The van der Waals surface area contributed by atoms with Crippen molar-refractivity contribution in [2.24, 2.45) is 0 Å². The van der Waals surface area contributed by atoms with E-state index in [0.717, 1.165) is 77.1 Å². The van der Waals surface area contributed by atoms with Gasteiger partial charge in [-0.15, -0.1) is 0 Å². The molecule has 2 unspecified atom stereocenters. The summed E-state index contributed by atoms with van der Waals surface area (Å²) in [6.45, 7) is 1.89. The largest absolute Gasteiger partial charge is 0.457 e. The Bertz CT molecular complexity index is 2810. The number of nitriles is 1. The summed E-state index contributed by atoms with van der Waals surface area (Å²) in [4.78, 5) is 4.37. The second-order valence-electron chi connectivity index (χ2n) is 13.0. The monoisotopic (exact) mass is 662 g/mol. The molecule has 0 saturated carbocycles. The minimum Gasteiger partial charge on any atom is -0.457 e. The highest BCUT2D eigenvalue weighted by molar-refractivity contribution is 7.85. The Morgan fingerprint density at radius 1 is 0.620 bits per heavy atom. The molecule has 6 aromatic carbocycles. The number of ether oxygens (including phenoxy) is 1. The average molecular weight is 663 g/mol. The van der Waals surface area contributed by atoms with Crippen LogP contribution in [-0.4, -0.2) is 4.98 Å². The summed E-state index contributed by atoms with van der Waals surface area (Å²) < 4.78 is 29.5. The number of aromatic nitrogens is 1. The smallest absolute Gasteiger partial charge is 0.171 e. The van der Waals surface area contributed by atoms with Crippen LogP contribution in [-0.2, 0) is 9.98 Å². The molecule has 2 aliphatic heterocycles. The van der Waals surface area contributed by atoms with Gasteiger partial charge in [0.15, 0.2) is 7.14 Å². The molecular weight excluding hydrogens is 635 g/mol. The van der Waals surface area contributed by atoms with Crippen LogP contribution in [0.3, 0.4) is 0 Å². The van der Waals surface area contributed by atoms with Gasteiger partial charge in [-0.05, 0) is 71.6 Å². The van der Waals surface area contributed by atoms with Crippen molar-refractivity contribution in [2.45, 2.75) is 12.3 Å². The van der Waals surface area contributed by atoms with Crippen molar-refractivity contribution in [2.75, 3.05) is 0 Å². The van der Waals surface area contributed by atoms with Crippen molar-refractivity contribution in [1.29, 1.82) is 5.26 Å². The van der Waals surface area contributed by atoms with Gasteiger partial charge in [-0.1, -0.05) is 103 Å². The lowest BCUT2D eigenvalue weighted by atomic mass is 9.63. The summed E-state index contributed by atoms with van der Waals surface area (Å²) >= 11 is 0. The molecular formula is C44H27N2O3P. The summed E-state index contributed by atoms with van der Waals surface area (Å²) in [7, 11) is -3.42. The molecule has 2 atom stereocenters. The number of benzene rings is 6. The molecule has 0 fully saturated rings. The van der Waals surface area contributed by atoms with Gasteiger partial charge in [-0.25, -0.2) is 4.98 Å². The summed E-state index contributed by atoms with van der Waals surface area (Å²) in [5.41, 5.74) is 7.37. The molecule has 1 spiro atoms. The Kier molecular flexibility index (Phi) is 5.98. The van der Waals surface area contributed by atoms with Crippen molar-refractivity contribution in [3.8, 4) is 28.7 Å². The van der Waals surface area contributed by atoms with Crippen molar-refractivity contribution in [1.82, 2.24) is 4.98 Å². The number of hydrogen-bond acceptors (Lipinski definition) is 5. The van der Waals surface area contributed by atoms with E-state index >= 15 is 4.57 Å². The molecule has 2 aliphatic rings. The topological polar surface area (TPSA) is 76.1 Å². The van der Waals surface area contributed by atoms with Crippen LogP contribution in [0.1, 0.15) is 33.6 Å². The third-order valence-electron chi connectivity index (χ3n) is 10.3. The van der Waals surface area contributed by atoms with E-state index in [1.807, 2.05) is 110 Å². The molecule has 236 valence electrons.